The SMILES string of the molecule is S=c1ocnc2ccsc12. The van der Waals surface area contributed by atoms with E-state index < -0.39 is 0 Å². The number of hydrogen-bond acceptors (Lipinski definition) is 4. The molecule has 0 aliphatic rings. The molecule has 0 saturated heterocycles. The largest absolute Gasteiger partial charge is 0.433 e. The molecule has 0 saturated carbocycles. The van der Waals surface area contributed by atoms with Crippen LogP contribution < -0.4 is 0 Å². The molecule has 0 aliphatic carbocycles. The van der Waals surface area contributed by atoms with Gasteiger partial charge in [-0.1, -0.05) is 0 Å². The summed E-state index contributed by atoms with van der Waals surface area (Å²) < 4.78 is 6.40. The summed E-state index contributed by atoms with van der Waals surface area (Å²) in [5, 5.41) is 1.95. The van der Waals surface area contributed by atoms with E-state index in [2.05, 4.69) is 4.98 Å². The highest BCUT2D eigenvalue weighted by atomic mass is 32.1. The Hall–Kier alpha value is -0.740. The molecule has 50 valence electrons. The number of thiophene rings is 1. The number of hydrogen-bond donors (Lipinski definition) is 0. The second-order valence-corrected chi connectivity index (χ2v) is 3.06. The Morgan fingerprint density at radius 3 is 3.30 bits per heavy atom. The Morgan fingerprint density at radius 2 is 2.50 bits per heavy atom. The number of nitrogens with zero attached hydrogens (tertiary/aromatic N) is 1. The van der Waals surface area contributed by atoms with Crippen LogP contribution in [0, 0.1) is 4.71 Å². The zero-order valence-corrected chi connectivity index (χ0v) is 6.54. The monoisotopic (exact) mass is 169 g/mol. The van der Waals surface area contributed by atoms with Crippen molar-refractivity contribution in [1.29, 1.82) is 0 Å². The summed E-state index contributed by atoms with van der Waals surface area (Å²) in [6, 6.07) is 1.92. The van der Waals surface area contributed by atoms with Gasteiger partial charge >= 0.3 is 0 Å². The predicted molar refractivity (Wildman–Crippen MR) is 42.7 cm³/mol. The minimum atomic E-state index is 0.528. The molecule has 2 aromatic heterocycles. The molecule has 10 heavy (non-hydrogen) atoms. The fourth-order valence-electron chi connectivity index (χ4n) is 0.741. The highest BCUT2D eigenvalue weighted by Gasteiger charge is 1.96. The van der Waals surface area contributed by atoms with Gasteiger partial charge in [0.1, 0.15) is 4.70 Å². The summed E-state index contributed by atoms with van der Waals surface area (Å²) in [5.74, 6) is 0. The molecule has 4 heteroatoms. The zero-order valence-electron chi connectivity index (χ0n) is 4.90. The van der Waals surface area contributed by atoms with Gasteiger partial charge in [0, 0.05) is 0 Å². The lowest BCUT2D eigenvalue weighted by molar-refractivity contribution is 0.524. The molecule has 0 fully saturated rings. The zero-order chi connectivity index (χ0) is 6.97. The van der Waals surface area contributed by atoms with Crippen molar-refractivity contribution >= 4 is 33.8 Å². The second-order valence-electron chi connectivity index (χ2n) is 1.77. The van der Waals surface area contributed by atoms with Crippen LogP contribution in [0.1, 0.15) is 0 Å². The molecule has 0 unspecified atom stereocenters. The van der Waals surface area contributed by atoms with Gasteiger partial charge in [-0.05, 0) is 23.7 Å². The Kier molecular flexibility index (Phi) is 1.28. The van der Waals surface area contributed by atoms with Crippen molar-refractivity contribution in [2.45, 2.75) is 0 Å². The number of aromatic nitrogens is 1. The van der Waals surface area contributed by atoms with Crippen LogP contribution in [-0.2, 0) is 0 Å². The van der Waals surface area contributed by atoms with Crippen LogP contribution in [0.5, 0.6) is 0 Å². The Bertz CT molecular complexity index is 403. The third-order valence-electron chi connectivity index (χ3n) is 1.18. The number of fused-ring (bicyclic) bond motifs is 1. The van der Waals surface area contributed by atoms with E-state index in [1.807, 2.05) is 11.4 Å². The molecule has 0 amide bonds. The van der Waals surface area contributed by atoms with Gasteiger partial charge in [0.25, 0.3) is 0 Å². The third kappa shape index (κ3) is 0.767. The van der Waals surface area contributed by atoms with E-state index in [1.165, 1.54) is 6.39 Å². The minimum Gasteiger partial charge on any atom is -0.433 e. The average molecular weight is 169 g/mol. The molecule has 0 aliphatic heterocycles. The van der Waals surface area contributed by atoms with Crippen LogP contribution in [0.25, 0.3) is 10.2 Å². The van der Waals surface area contributed by atoms with Gasteiger partial charge < -0.3 is 4.42 Å². The molecular formula is C6H3NOS2. The molecule has 0 spiro atoms. The lowest BCUT2D eigenvalue weighted by Gasteiger charge is -1.83. The fraction of sp³-hybridized carbons (Fsp3) is 0. The van der Waals surface area contributed by atoms with Crippen LogP contribution in [0.3, 0.4) is 0 Å². The summed E-state index contributed by atoms with van der Waals surface area (Å²) >= 11 is 6.46. The standard InChI is InChI=1S/C6H3NOS2/c9-6-5-4(1-2-10-5)7-3-8-6/h1-3H. The fourth-order valence-corrected chi connectivity index (χ4v) is 1.75. The van der Waals surface area contributed by atoms with Crippen molar-refractivity contribution in [3.63, 3.8) is 0 Å². The molecule has 0 radical (unpaired) electrons. The molecule has 0 bridgehead atoms. The molecule has 0 atom stereocenters. The van der Waals surface area contributed by atoms with E-state index in [9.17, 15) is 0 Å². The normalized spacial score (nSPS) is 10.4. The summed E-state index contributed by atoms with van der Waals surface area (Å²) in [6.45, 7) is 0. The summed E-state index contributed by atoms with van der Waals surface area (Å²) in [4.78, 5) is 3.98. The van der Waals surface area contributed by atoms with Crippen LogP contribution in [0.15, 0.2) is 22.3 Å². The first-order valence-corrected chi connectivity index (χ1v) is 3.98. The van der Waals surface area contributed by atoms with Crippen LogP contribution in [0.4, 0.5) is 0 Å². The van der Waals surface area contributed by atoms with Gasteiger partial charge in [0.2, 0.25) is 4.71 Å². The van der Waals surface area contributed by atoms with E-state index in [1.54, 1.807) is 11.3 Å². The lowest BCUT2D eigenvalue weighted by atomic mass is 10.5. The van der Waals surface area contributed by atoms with Gasteiger partial charge in [0.15, 0.2) is 6.39 Å². The predicted octanol–water partition coefficient (Wildman–Crippen LogP) is 2.62. The molecule has 2 heterocycles. The molecule has 0 aromatic carbocycles. The third-order valence-corrected chi connectivity index (χ3v) is 2.51. The van der Waals surface area contributed by atoms with Crippen molar-refractivity contribution in [3.8, 4) is 0 Å². The van der Waals surface area contributed by atoms with Crippen LogP contribution in [-0.4, -0.2) is 4.98 Å². The maximum absolute atomic E-state index is 4.91. The first kappa shape index (κ1) is 6.00. The second kappa shape index (κ2) is 2.14. The Balaban J connectivity index is 3.09. The summed E-state index contributed by atoms with van der Waals surface area (Å²) in [7, 11) is 0. The molecule has 2 rings (SSSR count). The quantitative estimate of drug-likeness (QED) is 0.567. The number of rotatable bonds is 0. The van der Waals surface area contributed by atoms with E-state index >= 15 is 0 Å². The van der Waals surface area contributed by atoms with E-state index in [0.29, 0.717) is 4.71 Å². The van der Waals surface area contributed by atoms with Crippen molar-refractivity contribution in [2.24, 2.45) is 0 Å². The van der Waals surface area contributed by atoms with Gasteiger partial charge in [-0.25, -0.2) is 4.98 Å². The van der Waals surface area contributed by atoms with Gasteiger partial charge in [0.05, 0.1) is 5.52 Å². The Labute approximate surface area is 66.1 Å². The van der Waals surface area contributed by atoms with E-state index in [-0.39, 0.29) is 0 Å². The molecule has 2 aromatic rings. The van der Waals surface area contributed by atoms with Crippen molar-refractivity contribution in [3.05, 3.63) is 22.5 Å². The van der Waals surface area contributed by atoms with Crippen LogP contribution in [0.2, 0.25) is 0 Å². The highest BCUT2D eigenvalue weighted by molar-refractivity contribution is 7.71. The van der Waals surface area contributed by atoms with Gasteiger partial charge in [-0.15, -0.1) is 11.3 Å². The maximum atomic E-state index is 4.91. The van der Waals surface area contributed by atoms with Crippen molar-refractivity contribution < 1.29 is 4.42 Å². The first-order chi connectivity index (χ1) is 4.88. The topological polar surface area (TPSA) is 26.0 Å². The van der Waals surface area contributed by atoms with E-state index in [4.69, 9.17) is 16.6 Å². The summed E-state index contributed by atoms with van der Waals surface area (Å²) in [6.07, 6.45) is 1.37. The first-order valence-electron chi connectivity index (χ1n) is 2.69. The van der Waals surface area contributed by atoms with Crippen molar-refractivity contribution in [2.75, 3.05) is 0 Å². The average Bonchev–Trinajstić information content (AvgIpc) is 2.36. The van der Waals surface area contributed by atoms with Gasteiger partial charge in [-0.3, -0.25) is 0 Å². The van der Waals surface area contributed by atoms with Gasteiger partial charge in [-0.2, -0.15) is 0 Å². The maximum Gasteiger partial charge on any atom is 0.211 e. The molecule has 0 N–H and O–H groups in total. The molecular weight excluding hydrogens is 166 g/mol. The van der Waals surface area contributed by atoms with Crippen molar-refractivity contribution in [1.82, 2.24) is 4.98 Å². The minimum absolute atomic E-state index is 0.528. The Morgan fingerprint density at radius 1 is 1.60 bits per heavy atom. The van der Waals surface area contributed by atoms with E-state index in [0.717, 1.165) is 10.2 Å². The molecule has 2 nitrogen and oxygen atoms in total. The summed E-state index contributed by atoms with van der Waals surface area (Å²) in [5.41, 5.74) is 0.918. The highest BCUT2D eigenvalue weighted by Crippen LogP contribution is 2.18. The van der Waals surface area contributed by atoms with Crippen LogP contribution >= 0.6 is 23.6 Å². The lowest BCUT2D eigenvalue weighted by Crippen LogP contribution is -1.69. The smallest absolute Gasteiger partial charge is 0.211 e.